The Hall–Kier alpha value is -0.120. The Bertz CT molecular complexity index is 148. The van der Waals surface area contributed by atoms with Crippen molar-refractivity contribution in [3.8, 4) is 0 Å². The number of hydrogen-bond acceptors (Lipinski definition) is 3. The van der Waals surface area contributed by atoms with Crippen LogP contribution in [-0.2, 0) is 4.74 Å². The first-order valence-corrected chi connectivity index (χ1v) is 5.14. The van der Waals surface area contributed by atoms with Crippen LogP contribution in [0.4, 0.5) is 0 Å². The smallest absolute Gasteiger partial charge is 0.0679 e. The molecular weight excluding hydrogens is 166 g/mol. The molecule has 1 atom stereocenters. The summed E-state index contributed by atoms with van der Waals surface area (Å²) in [5.74, 6) is 0.615. The Balaban J connectivity index is 2.47. The van der Waals surface area contributed by atoms with Crippen molar-refractivity contribution in [3.63, 3.8) is 0 Å². The largest absolute Gasteiger partial charge is 0.394 e. The Kier molecular flexibility index (Phi) is 4.16. The van der Waals surface area contributed by atoms with Crippen molar-refractivity contribution < 1.29 is 9.84 Å². The Morgan fingerprint density at radius 3 is 2.62 bits per heavy atom. The molecule has 2 N–H and O–H groups in total. The molecule has 3 nitrogen and oxygen atoms in total. The van der Waals surface area contributed by atoms with Gasteiger partial charge in [-0.15, -0.1) is 0 Å². The van der Waals surface area contributed by atoms with E-state index in [4.69, 9.17) is 4.74 Å². The highest BCUT2D eigenvalue weighted by atomic mass is 16.5. The van der Waals surface area contributed by atoms with Gasteiger partial charge in [0.15, 0.2) is 0 Å². The SMILES string of the molecule is CCCNC(CO)(COC)C1CC1. The Morgan fingerprint density at radius 1 is 1.54 bits per heavy atom. The van der Waals surface area contributed by atoms with Gasteiger partial charge in [0.05, 0.1) is 18.8 Å². The second-order valence-electron chi connectivity index (χ2n) is 3.95. The molecule has 1 aliphatic carbocycles. The van der Waals surface area contributed by atoms with Gasteiger partial charge in [0.25, 0.3) is 0 Å². The highest BCUT2D eigenvalue weighted by Crippen LogP contribution is 2.39. The maximum absolute atomic E-state index is 9.40. The van der Waals surface area contributed by atoms with E-state index in [0.29, 0.717) is 12.5 Å². The quantitative estimate of drug-likeness (QED) is 0.618. The molecule has 1 rings (SSSR count). The third-order valence-electron chi connectivity index (χ3n) is 2.77. The lowest BCUT2D eigenvalue weighted by molar-refractivity contribution is 0.0484. The van der Waals surface area contributed by atoms with Crippen molar-refractivity contribution in [2.45, 2.75) is 31.7 Å². The molecule has 1 saturated carbocycles. The van der Waals surface area contributed by atoms with Gasteiger partial charge in [0, 0.05) is 7.11 Å². The highest BCUT2D eigenvalue weighted by molar-refractivity contribution is 5.00. The Labute approximate surface area is 80.5 Å². The fourth-order valence-electron chi connectivity index (χ4n) is 1.81. The molecule has 0 radical (unpaired) electrons. The molecular formula is C10H21NO2. The highest BCUT2D eigenvalue weighted by Gasteiger charge is 2.44. The van der Waals surface area contributed by atoms with Crippen molar-refractivity contribution in [2.75, 3.05) is 26.9 Å². The van der Waals surface area contributed by atoms with Crippen molar-refractivity contribution in [2.24, 2.45) is 5.92 Å². The summed E-state index contributed by atoms with van der Waals surface area (Å²) in [6.45, 7) is 3.90. The van der Waals surface area contributed by atoms with Gasteiger partial charge in [0.2, 0.25) is 0 Å². The van der Waals surface area contributed by atoms with Crippen molar-refractivity contribution in [1.82, 2.24) is 5.32 Å². The van der Waals surface area contributed by atoms with E-state index in [1.54, 1.807) is 7.11 Å². The number of aliphatic hydroxyl groups excluding tert-OH is 1. The monoisotopic (exact) mass is 187 g/mol. The third kappa shape index (κ3) is 2.66. The normalized spacial score (nSPS) is 21.5. The molecule has 0 spiro atoms. The average Bonchev–Trinajstić information content (AvgIpc) is 2.96. The van der Waals surface area contributed by atoms with E-state index >= 15 is 0 Å². The lowest BCUT2D eigenvalue weighted by Crippen LogP contribution is -2.54. The van der Waals surface area contributed by atoms with Crippen molar-refractivity contribution in [1.29, 1.82) is 0 Å². The summed E-state index contributed by atoms with van der Waals surface area (Å²) in [6, 6.07) is 0. The lowest BCUT2D eigenvalue weighted by atomic mass is 9.95. The maximum atomic E-state index is 9.40. The maximum Gasteiger partial charge on any atom is 0.0679 e. The molecule has 0 aromatic carbocycles. The average molecular weight is 187 g/mol. The zero-order valence-electron chi connectivity index (χ0n) is 8.68. The van der Waals surface area contributed by atoms with Crippen molar-refractivity contribution >= 4 is 0 Å². The summed E-state index contributed by atoms with van der Waals surface area (Å²) in [6.07, 6.45) is 3.54. The summed E-state index contributed by atoms with van der Waals surface area (Å²) in [5.41, 5.74) is -0.162. The molecule has 0 aliphatic heterocycles. The predicted octanol–water partition coefficient (Wildman–Crippen LogP) is 0.773. The second kappa shape index (κ2) is 4.94. The van der Waals surface area contributed by atoms with Gasteiger partial charge in [-0.05, 0) is 31.7 Å². The van der Waals surface area contributed by atoms with Gasteiger partial charge >= 0.3 is 0 Å². The molecule has 0 aromatic heterocycles. The number of rotatable bonds is 7. The van der Waals surface area contributed by atoms with E-state index in [-0.39, 0.29) is 12.1 Å². The summed E-state index contributed by atoms with van der Waals surface area (Å²) < 4.78 is 5.17. The molecule has 0 saturated heterocycles. The van der Waals surface area contributed by atoms with Crippen LogP contribution >= 0.6 is 0 Å². The predicted molar refractivity (Wildman–Crippen MR) is 52.7 cm³/mol. The van der Waals surface area contributed by atoms with E-state index in [9.17, 15) is 5.11 Å². The van der Waals surface area contributed by atoms with Crippen molar-refractivity contribution in [3.05, 3.63) is 0 Å². The topological polar surface area (TPSA) is 41.5 Å². The van der Waals surface area contributed by atoms with Crippen LogP contribution in [0.3, 0.4) is 0 Å². The minimum absolute atomic E-state index is 0.162. The van der Waals surface area contributed by atoms with Crippen LogP contribution in [0.25, 0.3) is 0 Å². The van der Waals surface area contributed by atoms with Crippen LogP contribution in [0.15, 0.2) is 0 Å². The van der Waals surface area contributed by atoms with Gasteiger partial charge in [-0.1, -0.05) is 6.92 Å². The molecule has 0 aromatic rings. The van der Waals surface area contributed by atoms with E-state index < -0.39 is 0 Å². The van der Waals surface area contributed by atoms with Gasteiger partial charge in [-0.3, -0.25) is 0 Å². The van der Waals surface area contributed by atoms with E-state index in [2.05, 4.69) is 12.2 Å². The fraction of sp³-hybridized carbons (Fsp3) is 1.00. The first-order chi connectivity index (χ1) is 6.29. The van der Waals surface area contributed by atoms with E-state index in [0.717, 1.165) is 13.0 Å². The van der Waals surface area contributed by atoms with Crippen LogP contribution in [0.2, 0.25) is 0 Å². The summed E-state index contributed by atoms with van der Waals surface area (Å²) in [7, 11) is 1.69. The van der Waals surface area contributed by atoms with Crippen LogP contribution in [-0.4, -0.2) is 37.5 Å². The number of ether oxygens (including phenoxy) is 1. The standard InChI is InChI=1S/C10H21NO2/c1-3-6-11-10(7-12,8-13-2)9-4-5-9/h9,11-12H,3-8H2,1-2H3. The molecule has 0 heterocycles. The van der Waals surface area contributed by atoms with Crippen LogP contribution in [0.5, 0.6) is 0 Å². The third-order valence-corrected chi connectivity index (χ3v) is 2.77. The van der Waals surface area contributed by atoms with Gasteiger partial charge in [-0.2, -0.15) is 0 Å². The van der Waals surface area contributed by atoms with Gasteiger partial charge in [0.1, 0.15) is 0 Å². The lowest BCUT2D eigenvalue weighted by Gasteiger charge is -2.32. The van der Waals surface area contributed by atoms with Crippen LogP contribution in [0.1, 0.15) is 26.2 Å². The first-order valence-electron chi connectivity index (χ1n) is 5.14. The summed E-state index contributed by atoms with van der Waals surface area (Å²) in [5, 5.41) is 12.8. The zero-order valence-corrected chi connectivity index (χ0v) is 8.68. The number of hydrogen-bond donors (Lipinski definition) is 2. The molecule has 1 aliphatic rings. The fourth-order valence-corrected chi connectivity index (χ4v) is 1.81. The molecule has 1 unspecified atom stereocenters. The number of nitrogens with one attached hydrogen (secondary N) is 1. The molecule has 13 heavy (non-hydrogen) atoms. The number of methoxy groups -OCH3 is 1. The van der Waals surface area contributed by atoms with Crippen LogP contribution < -0.4 is 5.32 Å². The zero-order chi connectivity index (χ0) is 9.73. The number of aliphatic hydroxyl groups is 1. The minimum Gasteiger partial charge on any atom is -0.394 e. The van der Waals surface area contributed by atoms with Crippen LogP contribution in [0, 0.1) is 5.92 Å². The first kappa shape index (κ1) is 11.0. The minimum atomic E-state index is -0.162. The van der Waals surface area contributed by atoms with E-state index in [1.165, 1.54) is 12.8 Å². The summed E-state index contributed by atoms with van der Waals surface area (Å²) in [4.78, 5) is 0. The molecule has 1 fully saturated rings. The van der Waals surface area contributed by atoms with Gasteiger partial charge in [-0.25, -0.2) is 0 Å². The molecule has 0 amide bonds. The second-order valence-corrected chi connectivity index (χ2v) is 3.95. The molecule has 3 heteroatoms. The van der Waals surface area contributed by atoms with Gasteiger partial charge < -0.3 is 15.2 Å². The van der Waals surface area contributed by atoms with E-state index in [1.807, 2.05) is 0 Å². The summed E-state index contributed by atoms with van der Waals surface area (Å²) >= 11 is 0. The molecule has 78 valence electrons. The Morgan fingerprint density at radius 2 is 2.23 bits per heavy atom. The molecule has 0 bridgehead atoms.